The molecule has 7 aromatic rings. The second-order valence-corrected chi connectivity index (χ2v) is 25.7. The number of aromatic nitrogens is 1. The van der Waals surface area contributed by atoms with E-state index in [1.165, 1.54) is 17.4 Å². The Kier molecular flexibility index (Phi) is 27.7. The van der Waals surface area contributed by atoms with E-state index in [-0.39, 0.29) is 54.8 Å². The van der Waals surface area contributed by atoms with Crippen LogP contribution < -0.4 is 33.7 Å². The number of hydrogen-bond donors (Lipinski definition) is 0. The van der Waals surface area contributed by atoms with E-state index in [0.29, 0.717) is 118 Å². The highest BCUT2D eigenvalue weighted by Gasteiger charge is 2.35. The highest BCUT2D eigenvalue weighted by Crippen LogP contribution is 2.45. The molecular formula is C78H87N3O16S. The van der Waals surface area contributed by atoms with Crippen molar-refractivity contribution in [3.63, 3.8) is 0 Å². The summed E-state index contributed by atoms with van der Waals surface area (Å²) in [4.78, 5) is 91.8. The molecule has 0 aliphatic heterocycles. The molecule has 2 saturated carbocycles. The number of rotatable bonds is 39. The van der Waals surface area contributed by atoms with Gasteiger partial charge in [0, 0.05) is 24.3 Å². The predicted octanol–water partition coefficient (Wildman–Crippen LogP) is 16.1. The SMILES string of the molecule is C=CC(=O)OCCCCCCOc1ccc(OOCC2CCC(C(=O)Oc3ccc(OOCC4CCC(C(=O)Oc5ccc(OCCCCCCOC(=O)C=C)cc5)CC4)c(/C=N/N(CCCCOC(=O)C4c5ccccc5-c5ccccc54)c4nc5ccccc5s4)c3)CC2)cc1. The van der Waals surface area contributed by atoms with Crippen LogP contribution in [0.2, 0.25) is 0 Å². The summed E-state index contributed by atoms with van der Waals surface area (Å²) in [6.45, 7) is 10.0. The minimum absolute atomic E-state index is 0.122. The fourth-order valence-corrected chi connectivity index (χ4v) is 13.1. The number of nitrogens with zero attached hydrogens (tertiary/aromatic N) is 3. The zero-order valence-corrected chi connectivity index (χ0v) is 56.3. The van der Waals surface area contributed by atoms with Crippen LogP contribution in [0.5, 0.6) is 34.5 Å². The van der Waals surface area contributed by atoms with Gasteiger partial charge < -0.3 is 42.9 Å². The molecule has 20 heteroatoms. The van der Waals surface area contributed by atoms with Gasteiger partial charge in [0.25, 0.3) is 0 Å². The van der Waals surface area contributed by atoms with Gasteiger partial charge in [-0.25, -0.2) is 19.6 Å². The number of thiazole rings is 1. The van der Waals surface area contributed by atoms with Crippen molar-refractivity contribution in [1.29, 1.82) is 0 Å². The summed E-state index contributed by atoms with van der Waals surface area (Å²) >= 11 is 1.51. The lowest BCUT2D eigenvalue weighted by Gasteiger charge is -2.27. The van der Waals surface area contributed by atoms with Crippen LogP contribution in [0, 0.1) is 23.7 Å². The normalized spacial score (nSPS) is 16.4. The average molecular weight is 1350 g/mol. The minimum atomic E-state index is -0.489. The van der Waals surface area contributed by atoms with Gasteiger partial charge in [0.1, 0.15) is 28.9 Å². The number of ether oxygens (including phenoxy) is 7. The van der Waals surface area contributed by atoms with Gasteiger partial charge in [-0.3, -0.25) is 14.4 Å². The van der Waals surface area contributed by atoms with E-state index in [2.05, 4.69) is 13.2 Å². The number of hydrogen-bond acceptors (Lipinski definition) is 20. The van der Waals surface area contributed by atoms with Crippen LogP contribution in [-0.4, -0.2) is 93.8 Å². The van der Waals surface area contributed by atoms with Crippen molar-refractivity contribution in [2.45, 2.75) is 121 Å². The quantitative estimate of drug-likeness (QED) is 0.00511. The Hall–Kier alpha value is -9.37. The second kappa shape index (κ2) is 38.0. The van der Waals surface area contributed by atoms with Gasteiger partial charge in [-0.1, -0.05) is 85.2 Å². The third-order valence-electron chi connectivity index (χ3n) is 17.7. The minimum Gasteiger partial charge on any atom is -0.494 e. The molecule has 10 rings (SSSR count). The predicted molar refractivity (Wildman–Crippen MR) is 373 cm³/mol. The summed E-state index contributed by atoms with van der Waals surface area (Å²) in [6.07, 6.45) is 17.8. The molecule has 2 fully saturated rings. The lowest BCUT2D eigenvalue weighted by molar-refractivity contribution is -0.218. The van der Waals surface area contributed by atoms with Crippen LogP contribution in [0.3, 0.4) is 0 Å². The Balaban J connectivity index is 0.717. The van der Waals surface area contributed by atoms with E-state index in [1.807, 2.05) is 89.9 Å². The molecule has 19 nitrogen and oxygen atoms in total. The molecule has 0 N–H and O–H groups in total. The Morgan fingerprint density at radius 3 is 1.54 bits per heavy atom. The Morgan fingerprint density at radius 1 is 0.490 bits per heavy atom. The molecule has 0 spiro atoms. The van der Waals surface area contributed by atoms with Crippen molar-refractivity contribution < 1.29 is 76.7 Å². The number of carbonyl (C=O) groups is 5. The Labute approximate surface area is 576 Å². The summed E-state index contributed by atoms with van der Waals surface area (Å²) in [5.41, 5.74) is 5.33. The first kappa shape index (κ1) is 71.4. The van der Waals surface area contributed by atoms with E-state index < -0.39 is 17.9 Å². The average Bonchev–Trinajstić information content (AvgIpc) is 1.61. The summed E-state index contributed by atoms with van der Waals surface area (Å²) < 4.78 is 40.7. The van der Waals surface area contributed by atoms with Gasteiger partial charge >= 0.3 is 29.8 Å². The number of unbranched alkanes of at least 4 members (excludes halogenated alkanes) is 7. The molecule has 0 radical (unpaired) electrons. The lowest BCUT2D eigenvalue weighted by atomic mass is 9.82. The number of para-hydroxylation sites is 1. The first-order valence-corrected chi connectivity index (χ1v) is 35.1. The smallest absolute Gasteiger partial charge is 0.330 e. The fraction of sp³-hybridized carbons (Fsp3) is 0.397. The van der Waals surface area contributed by atoms with Gasteiger partial charge in [0.2, 0.25) is 5.13 Å². The third kappa shape index (κ3) is 21.6. The lowest BCUT2D eigenvalue weighted by Crippen LogP contribution is -2.27. The van der Waals surface area contributed by atoms with Crippen LogP contribution in [0.4, 0.5) is 5.13 Å². The Morgan fingerprint density at radius 2 is 0.969 bits per heavy atom. The fourth-order valence-electron chi connectivity index (χ4n) is 12.2. The standard InChI is InChI=1S/C78H87N3O16S/c1-3-72(82)89-48-18-7-5-16-46-87-60-35-39-62(40-36-60)94-75(84)57-31-29-56(30-32-57)54-93-97-70-44-43-64(95-76(85)58-33-27-55(28-34-58)53-92-96-63-41-37-61(38-42-63)88-47-17-6-8-19-49-90-73(83)4-2)51-59(70)52-79-81(78-80-69-25-13-14-26-71(69)98-78)45-15-20-50-91-77(86)74-67-23-11-9-21-65(67)66-22-10-12-24-68(66)74/h3-4,9-14,21-26,35-44,51-52,55-58,74H,1-2,5-8,15-20,27-34,45-50,53-54H2/b79-52+. The van der Waals surface area contributed by atoms with Gasteiger partial charge in [0.15, 0.2) is 11.5 Å². The molecule has 3 aliphatic rings. The second-order valence-electron chi connectivity index (χ2n) is 24.7. The number of esters is 5. The third-order valence-corrected chi connectivity index (χ3v) is 18.7. The molecule has 516 valence electrons. The molecule has 0 atom stereocenters. The molecule has 0 unspecified atom stereocenters. The molecule has 0 bridgehead atoms. The van der Waals surface area contributed by atoms with Gasteiger partial charge in [0.05, 0.1) is 74.5 Å². The number of benzene rings is 6. The maximum Gasteiger partial charge on any atom is 0.330 e. The van der Waals surface area contributed by atoms with Gasteiger partial charge in [-0.2, -0.15) is 14.9 Å². The Bertz CT molecular complexity index is 3680. The van der Waals surface area contributed by atoms with E-state index >= 15 is 0 Å². The molecule has 6 aromatic carbocycles. The highest BCUT2D eigenvalue weighted by molar-refractivity contribution is 7.22. The van der Waals surface area contributed by atoms with Crippen molar-refractivity contribution in [3.8, 4) is 45.6 Å². The van der Waals surface area contributed by atoms with E-state index in [1.54, 1.807) is 60.8 Å². The van der Waals surface area contributed by atoms with Crippen molar-refractivity contribution in [1.82, 2.24) is 4.98 Å². The maximum absolute atomic E-state index is 13.9. The van der Waals surface area contributed by atoms with Gasteiger partial charge in [-0.15, -0.1) is 0 Å². The first-order chi connectivity index (χ1) is 48.1. The van der Waals surface area contributed by atoms with Crippen LogP contribution >= 0.6 is 11.3 Å². The zero-order chi connectivity index (χ0) is 68.1. The van der Waals surface area contributed by atoms with Crippen molar-refractivity contribution in [2.75, 3.05) is 57.8 Å². The summed E-state index contributed by atoms with van der Waals surface area (Å²) in [5, 5.41) is 7.51. The molecule has 0 saturated heterocycles. The van der Waals surface area contributed by atoms with Crippen molar-refractivity contribution in [2.24, 2.45) is 28.8 Å². The van der Waals surface area contributed by atoms with Gasteiger partial charge in [-0.05, 0) is 229 Å². The monoisotopic (exact) mass is 1350 g/mol. The van der Waals surface area contributed by atoms with Crippen LogP contribution in [-0.2, 0) is 48.0 Å². The number of carbonyl (C=O) groups excluding carboxylic acids is 5. The largest absolute Gasteiger partial charge is 0.494 e. The topological polar surface area (TPSA) is 215 Å². The van der Waals surface area contributed by atoms with Crippen LogP contribution in [0.15, 0.2) is 170 Å². The molecular weight excluding hydrogens is 1270 g/mol. The molecule has 98 heavy (non-hydrogen) atoms. The van der Waals surface area contributed by atoms with E-state index in [4.69, 9.17) is 62.8 Å². The molecule has 1 aromatic heterocycles. The maximum atomic E-state index is 13.9. The van der Waals surface area contributed by atoms with Crippen LogP contribution in [0.1, 0.15) is 138 Å². The van der Waals surface area contributed by atoms with Crippen LogP contribution in [0.25, 0.3) is 21.3 Å². The van der Waals surface area contributed by atoms with Crippen molar-refractivity contribution in [3.05, 3.63) is 182 Å². The number of fused-ring (bicyclic) bond motifs is 4. The molecule has 0 amide bonds. The first-order valence-electron chi connectivity index (χ1n) is 34.3. The van der Waals surface area contributed by atoms with E-state index in [9.17, 15) is 24.0 Å². The summed E-state index contributed by atoms with van der Waals surface area (Å²) in [6, 6.07) is 43.4. The number of hydrazone groups is 1. The van der Waals surface area contributed by atoms with E-state index in [0.717, 1.165) is 121 Å². The van der Waals surface area contributed by atoms with Crippen molar-refractivity contribution >= 4 is 62.7 Å². The molecule has 1 heterocycles. The molecule has 3 aliphatic carbocycles. The summed E-state index contributed by atoms with van der Waals surface area (Å²) in [7, 11) is 0. The number of anilines is 1. The highest BCUT2D eigenvalue weighted by atomic mass is 32.1. The summed E-state index contributed by atoms with van der Waals surface area (Å²) in [5.74, 6) is 0.687. The zero-order valence-electron chi connectivity index (χ0n) is 55.5.